The van der Waals surface area contributed by atoms with Gasteiger partial charge in [-0.05, 0) is 34.7 Å². The number of nitro groups is 1. The van der Waals surface area contributed by atoms with Crippen LogP contribution in [0.2, 0.25) is 0 Å². The Balaban J connectivity index is 3.43. The van der Waals surface area contributed by atoms with Gasteiger partial charge in [0.25, 0.3) is 0 Å². The smallest absolute Gasteiger partial charge is 0.309 e. The van der Waals surface area contributed by atoms with E-state index in [1.165, 1.54) is 12.1 Å². The van der Waals surface area contributed by atoms with E-state index in [0.717, 1.165) is 0 Å². The Hall–Kier alpha value is -1.05. The predicted octanol–water partition coefficient (Wildman–Crippen LogP) is 1.49. The number of nitrogens with two attached hydrogens (primary N) is 1. The first-order valence-electron chi connectivity index (χ1n) is 2.95. The molecule has 0 atom stereocenters. The molecule has 3 N–H and O–H groups in total. The Morgan fingerprint density at radius 3 is 2.58 bits per heavy atom. The number of nitrogens with zero attached hydrogens (tertiary/aromatic N) is 1. The molecule has 1 aromatic carbocycles. The van der Waals surface area contributed by atoms with E-state index in [1.807, 2.05) is 0 Å². The molecule has 0 aromatic heterocycles. The highest BCUT2D eigenvalue weighted by atomic mass is 127. The first-order valence-corrected chi connectivity index (χ1v) is 4.03. The van der Waals surface area contributed by atoms with Gasteiger partial charge in [0.15, 0.2) is 0 Å². The number of phenols is 1. The van der Waals surface area contributed by atoms with Crippen molar-refractivity contribution in [2.45, 2.75) is 0 Å². The van der Waals surface area contributed by atoms with Crippen LogP contribution in [0.4, 0.5) is 11.4 Å². The van der Waals surface area contributed by atoms with Gasteiger partial charge in [-0.3, -0.25) is 10.1 Å². The lowest BCUT2D eigenvalue weighted by Crippen LogP contribution is -1.97. The van der Waals surface area contributed by atoms with Gasteiger partial charge in [0.1, 0.15) is 15.0 Å². The average Bonchev–Trinajstić information content (AvgIpc) is 1.97. The van der Waals surface area contributed by atoms with Crippen LogP contribution in [-0.2, 0) is 0 Å². The zero-order valence-electron chi connectivity index (χ0n) is 5.82. The number of hydrogen-bond acceptors (Lipinski definition) is 4. The van der Waals surface area contributed by atoms with Crippen molar-refractivity contribution >= 4 is 34.0 Å². The van der Waals surface area contributed by atoms with Crippen LogP contribution in [-0.4, -0.2) is 10.0 Å². The highest BCUT2D eigenvalue weighted by molar-refractivity contribution is 14.1. The molecule has 0 amide bonds. The van der Waals surface area contributed by atoms with Crippen molar-refractivity contribution in [2.75, 3.05) is 5.73 Å². The van der Waals surface area contributed by atoms with Crippen molar-refractivity contribution in [1.82, 2.24) is 0 Å². The van der Waals surface area contributed by atoms with Crippen LogP contribution in [0.3, 0.4) is 0 Å². The third-order valence-electron chi connectivity index (χ3n) is 1.31. The van der Waals surface area contributed by atoms with E-state index in [0.29, 0.717) is 0 Å². The fourth-order valence-corrected chi connectivity index (χ4v) is 1.44. The Bertz CT molecular complexity index is 340. The summed E-state index contributed by atoms with van der Waals surface area (Å²) < 4.78 is 0.164. The lowest BCUT2D eigenvalue weighted by atomic mass is 10.2. The number of halogens is 1. The molecule has 0 unspecified atom stereocenters. The van der Waals surface area contributed by atoms with Crippen molar-refractivity contribution in [3.63, 3.8) is 0 Å². The standard InChI is InChI=1S/C6H5IN2O3/c7-5-4(10)2-1-3(8)6(5)9(11)12/h1-2,10H,8H2. The molecule has 0 aliphatic carbocycles. The molecule has 0 aliphatic heterocycles. The first-order chi connectivity index (χ1) is 5.54. The van der Waals surface area contributed by atoms with Crippen LogP contribution in [0, 0.1) is 13.7 Å². The number of anilines is 1. The summed E-state index contributed by atoms with van der Waals surface area (Å²) in [6.45, 7) is 0. The number of nitrogen functional groups attached to an aromatic ring is 1. The zero-order valence-corrected chi connectivity index (χ0v) is 7.98. The number of nitro benzene ring substituents is 1. The van der Waals surface area contributed by atoms with Crippen LogP contribution in [0.25, 0.3) is 0 Å². The van der Waals surface area contributed by atoms with Gasteiger partial charge in [-0.15, -0.1) is 0 Å². The van der Waals surface area contributed by atoms with E-state index < -0.39 is 4.92 Å². The molecular weight excluding hydrogens is 275 g/mol. The summed E-state index contributed by atoms with van der Waals surface area (Å²) in [7, 11) is 0. The minimum absolute atomic E-state index is 0.0576. The van der Waals surface area contributed by atoms with Crippen molar-refractivity contribution < 1.29 is 10.0 Å². The summed E-state index contributed by atoms with van der Waals surface area (Å²) >= 11 is 1.67. The van der Waals surface area contributed by atoms with Gasteiger partial charge in [0.2, 0.25) is 0 Å². The summed E-state index contributed by atoms with van der Waals surface area (Å²) in [6.07, 6.45) is 0. The summed E-state index contributed by atoms with van der Waals surface area (Å²) in [5, 5.41) is 19.5. The lowest BCUT2D eigenvalue weighted by molar-refractivity contribution is -0.384. The van der Waals surface area contributed by atoms with Gasteiger partial charge in [-0.25, -0.2) is 0 Å². The van der Waals surface area contributed by atoms with Gasteiger partial charge in [-0.2, -0.15) is 0 Å². The van der Waals surface area contributed by atoms with Gasteiger partial charge >= 0.3 is 5.69 Å². The second-order valence-electron chi connectivity index (χ2n) is 2.09. The third-order valence-corrected chi connectivity index (χ3v) is 2.37. The Kier molecular flexibility index (Phi) is 2.36. The Labute approximate surface area is 81.5 Å². The molecule has 0 bridgehead atoms. The first kappa shape index (κ1) is 9.04. The molecular formula is C6H5IN2O3. The highest BCUT2D eigenvalue weighted by Gasteiger charge is 2.18. The zero-order chi connectivity index (χ0) is 9.30. The number of phenolic OH excluding ortho intramolecular Hbond substituents is 1. The lowest BCUT2D eigenvalue weighted by Gasteiger charge is -2.00. The van der Waals surface area contributed by atoms with Gasteiger partial charge < -0.3 is 10.8 Å². The van der Waals surface area contributed by atoms with Gasteiger partial charge in [0.05, 0.1) is 4.92 Å². The molecule has 0 saturated carbocycles. The van der Waals surface area contributed by atoms with Crippen molar-refractivity contribution in [3.8, 4) is 5.75 Å². The molecule has 64 valence electrons. The largest absolute Gasteiger partial charge is 0.507 e. The molecule has 0 spiro atoms. The number of aromatic hydroxyl groups is 1. The molecule has 5 nitrogen and oxygen atoms in total. The van der Waals surface area contributed by atoms with E-state index in [-0.39, 0.29) is 20.7 Å². The highest BCUT2D eigenvalue weighted by Crippen LogP contribution is 2.33. The fraction of sp³-hybridized carbons (Fsp3) is 0. The van der Waals surface area contributed by atoms with E-state index in [4.69, 9.17) is 10.8 Å². The molecule has 1 aromatic rings. The van der Waals surface area contributed by atoms with E-state index in [2.05, 4.69) is 0 Å². The topological polar surface area (TPSA) is 89.4 Å². The monoisotopic (exact) mass is 280 g/mol. The second kappa shape index (κ2) is 3.13. The minimum Gasteiger partial charge on any atom is -0.507 e. The number of hydrogen-bond donors (Lipinski definition) is 2. The number of rotatable bonds is 1. The SMILES string of the molecule is Nc1ccc(O)c(I)c1[N+](=O)[O-]. The van der Waals surface area contributed by atoms with E-state index in [9.17, 15) is 10.1 Å². The van der Waals surface area contributed by atoms with Gasteiger partial charge in [0, 0.05) is 0 Å². The fourth-order valence-electron chi connectivity index (χ4n) is 0.754. The predicted molar refractivity (Wildman–Crippen MR) is 51.9 cm³/mol. The van der Waals surface area contributed by atoms with Crippen LogP contribution in [0.15, 0.2) is 12.1 Å². The molecule has 6 heteroatoms. The van der Waals surface area contributed by atoms with Crippen molar-refractivity contribution in [3.05, 3.63) is 25.8 Å². The molecule has 0 saturated heterocycles. The maximum Gasteiger partial charge on any atom is 0.309 e. The molecule has 0 heterocycles. The molecule has 0 fully saturated rings. The van der Waals surface area contributed by atoms with Crippen LogP contribution < -0.4 is 5.73 Å². The van der Waals surface area contributed by atoms with Crippen LogP contribution >= 0.6 is 22.6 Å². The molecule has 0 radical (unpaired) electrons. The summed E-state index contributed by atoms with van der Waals surface area (Å²) in [5.74, 6) is -0.128. The molecule has 0 aliphatic rings. The maximum atomic E-state index is 10.4. The average molecular weight is 280 g/mol. The van der Waals surface area contributed by atoms with Crippen LogP contribution in [0.5, 0.6) is 5.75 Å². The quantitative estimate of drug-likeness (QED) is 0.268. The van der Waals surface area contributed by atoms with E-state index >= 15 is 0 Å². The summed E-state index contributed by atoms with van der Waals surface area (Å²) in [4.78, 5) is 9.79. The van der Waals surface area contributed by atoms with E-state index in [1.54, 1.807) is 22.6 Å². The normalized spacial score (nSPS) is 9.75. The summed E-state index contributed by atoms with van der Waals surface area (Å²) in [5.41, 5.74) is 5.15. The Morgan fingerprint density at radius 2 is 2.17 bits per heavy atom. The van der Waals surface area contributed by atoms with Crippen molar-refractivity contribution in [2.24, 2.45) is 0 Å². The maximum absolute atomic E-state index is 10.4. The van der Waals surface area contributed by atoms with Crippen LogP contribution in [0.1, 0.15) is 0 Å². The molecule has 1 rings (SSSR count). The summed E-state index contributed by atoms with van der Waals surface area (Å²) in [6, 6.07) is 2.62. The number of benzene rings is 1. The van der Waals surface area contributed by atoms with Crippen molar-refractivity contribution in [1.29, 1.82) is 0 Å². The van der Waals surface area contributed by atoms with Gasteiger partial charge in [-0.1, -0.05) is 0 Å². The third kappa shape index (κ3) is 1.42. The second-order valence-corrected chi connectivity index (χ2v) is 3.17. The Morgan fingerprint density at radius 1 is 1.58 bits per heavy atom. The minimum atomic E-state index is -0.614. The molecule has 12 heavy (non-hydrogen) atoms.